The van der Waals surface area contributed by atoms with Crippen molar-refractivity contribution in [3.05, 3.63) is 35.5 Å². The lowest BCUT2D eigenvalue weighted by atomic mass is 10.0. The predicted molar refractivity (Wildman–Crippen MR) is 70.6 cm³/mol. The van der Waals surface area contributed by atoms with Crippen LogP contribution in [0.25, 0.3) is 11.3 Å². The van der Waals surface area contributed by atoms with E-state index in [9.17, 15) is 0 Å². The minimum atomic E-state index is 0.871. The Bertz CT molecular complexity index is 574. The number of ether oxygens (including phenoxy) is 1. The van der Waals surface area contributed by atoms with E-state index in [4.69, 9.17) is 4.74 Å². The van der Waals surface area contributed by atoms with Crippen molar-refractivity contribution < 1.29 is 4.74 Å². The van der Waals surface area contributed by atoms with Crippen LogP contribution < -0.4 is 10.1 Å². The van der Waals surface area contributed by atoms with Gasteiger partial charge in [0, 0.05) is 43.4 Å². The van der Waals surface area contributed by atoms with Crippen molar-refractivity contribution in [2.45, 2.75) is 13.0 Å². The summed E-state index contributed by atoms with van der Waals surface area (Å²) in [4.78, 5) is 0. The molecule has 0 spiro atoms. The molecule has 1 aromatic heterocycles. The summed E-state index contributed by atoms with van der Waals surface area (Å²) in [6.45, 7) is 1.93. The van der Waals surface area contributed by atoms with Gasteiger partial charge in [-0.25, -0.2) is 0 Å². The quantitative estimate of drug-likeness (QED) is 0.873. The summed E-state index contributed by atoms with van der Waals surface area (Å²) in [6, 6.07) is 8.08. The van der Waals surface area contributed by atoms with E-state index in [-0.39, 0.29) is 0 Å². The molecule has 0 saturated heterocycles. The van der Waals surface area contributed by atoms with Crippen LogP contribution in [-0.4, -0.2) is 23.4 Å². The smallest absolute Gasteiger partial charge is 0.119 e. The van der Waals surface area contributed by atoms with Crippen LogP contribution in [0.15, 0.2) is 24.3 Å². The molecule has 94 valence electrons. The van der Waals surface area contributed by atoms with Crippen LogP contribution in [0.4, 0.5) is 0 Å². The maximum Gasteiger partial charge on any atom is 0.119 e. The van der Waals surface area contributed by atoms with E-state index in [0.717, 1.165) is 36.5 Å². The van der Waals surface area contributed by atoms with E-state index in [2.05, 4.69) is 16.5 Å². The summed E-state index contributed by atoms with van der Waals surface area (Å²) >= 11 is 0. The fourth-order valence-corrected chi connectivity index (χ4v) is 2.52. The first-order valence-corrected chi connectivity index (χ1v) is 6.19. The van der Waals surface area contributed by atoms with Crippen molar-refractivity contribution in [1.29, 1.82) is 0 Å². The van der Waals surface area contributed by atoms with Crippen LogP contribution in [0.5, 0.6) is 5.75 Å². The normalized spacial score (nSPS) is 14.3. The van der Waals surface area contributed by atoms with Gasteiger partial charge in [-0.05, 0) is 12.1 Å². The summed E-state index contributed by atoms with van der Waals surface area (Å²) in [5.41, 5.74) is 4.84. The first-order valence-electron chi connectivity index (χ1n) is 6.19. The molecule has 1 aromatic carbocycles. The lowest BCUT2D eigenvalue weighted by Gasteiger charge is -2.14. The molecule has 18 heavy (non-hydrogen) atoms. The van der Waals surface area contributed by atoms with Crippen molar-refractivity contribution >= 4 is 0 Å². The van der Waals surface area contributed by atoms with Crippen molar-refractivity contribution in [3.63, 3.8) is 0 Å². The highest BCUT2D eigenvalue weighted by molar-refractivity contribution is 5.66. The lowest BCUT2D eigenvalue weighted by molar-refractivity contribution is 0.415. The molecular weight excluding hydrogens is 226 g/mol. The zero-order valence-corrected chi connectivity index (χ0v) is 10.7. The standard InChI is InChI=1S/C14H17N3O/c1-17-13-6-7-15-9-12(13)14(16-17)10-4-3-5-11(8-10)18-2/h3-5,8,15H,6-7,9H2,1-2H3. The summed E-state index contributed by atoms with van der Waals surface area (Å²) < 4.78 is 7.28. The molecular formula is C14H17N3O. The van der Waals surface area contributed by atoms with Crippen LogP contribution in [0, 0.1) is 0 Å². The monoisotopic (exact) mass is 243 g/mol. The van der Waals surface area contributed by atoms with Gasteiger partial charge in [-0.1, -0.05) is 12.1 Å². The highest BCUT2D eigenvalue weighted by Gasteiger charge is 2.20. The van der Waals surface area contributed by atoms with Crippen molar-refractivity contribution in [1.82, 2.24) is 15.1 Å². The van der Waals surface area contributed by atoms with Crippen molar-refractivity contribution in [2.75, 3.05) is 13.7 Å². The maximum atomic E-state index is 5.28. The molecule has 2 aromatic rings. The third kappa shape index (κ3) is 1.78. The average Bonchev–Trinajstić information content (AvgIpc) is 2.77. The first-order chi connectivity index (χ1) is 8.79. The molecule has 4 nitrogen and oxygen atoms in total. The number of rotatable bonds is 2. The second-order valence-corrected chi connectivity index (χ2v) is 4.56. The summed E-state index contributed by atoms with van der Waals surface area (Å²) in [5.74, 6) is 0.871. The minimum absolute atomic E-state index is 0.871. The lowest BCUT2D eigenvalue weighted by Crippen LogP contribution is -2.24. The summed E-state index contributed by atoms with van der Waals surface area (Å²) in [6.07, 6.45) is 1.04. The molecule has 1 N–H and O–H groups in total. The van der Waals surface area contributed by atoms with Gasteiger partial charge in [0.25, 0.3) is 0 Å². The van der Waals surface area contributed by atoms with Gasteiger partial charge in [-0.15, -0.1) is 0 Å². The fourth-order valence-electron chi connectivity index (χ4n) is 2.52. The number of methoxy groups -OCH3 is 1. The van der Waals surface area contributed by atoms with Crippen molar-refractivity contribution in [3.8, 4) is 17.0 Å². The van der Waals surface area contributed by atoms with E-state index in [0.29, 0.717) is 0 Å². The van der Waals surface area contributed by atoms with E-state index < -0.39 is 0 Å². The topological polar surface area (TPSA) is 39.1 Å². The van der Waals surface area contributed by atoms with Gasteiger partial charge >= 0.3 is 0 Å². The zero-order chi connectivity index (χ0) is 12.5. The zero-order valence-electron chi connectivity index (χ0n) is 10.7. The Morgan fingerprint density at radius 3 is 3.11 bits per heavy atom. The van der Waals surface area contributed by atoms with Crippen LogP contribution >= 0.6 is 0 Å². The third-order valence-corrected chi connectivity index (χ3v) is 3.46. The number of aromatic nitrogens is 2. The van der Waals surface area contributed by atoms with Gasteiger partial charge in [0.05, 0.1) is 12.8 Å². The molecule has 1 aliphatic rings. The largest absolute Gasteiger partial charge is 0.497 e. The van der Waals surface area contributed by atoms with Gasteiger partial charge in [0.15, 0.2) is 0 Å². The molecule has 0 bridgehead atoms. The molecule has 4 heteroatoms. The molecule has 1 aliphatic heterocycles. The maximum absolute atomic E-state index is 5.28. The number of benzene rings is 1. The SMILES string of the molecule is COc1cccc(-c2nn(C)c3c2CNCC3)c1. The molecule has 2 heterocycles. The van der Waals surface area contributed by atoms with Gasteiger partial charge in [-0.3, -0.25) is 4.68 Å². The highest BCUT2D eigenvalue weighted by Crippen LogP contribution is 2.29. The van der Waals surface area contributed by atoms with Gasteiger partial charge in [0.1, 0.15) is 5.75 Å². The van der Waals surface area contributed by atoms with E-state index in [1.165, 1.54) is 11.3 Å². The summed E-state index contributed by atoms with van der Waals surface area (Å²) in [5, 5.41) is 8.07. The fraction of sp³-hybridized carbons (Fsp3) is 0.357. The molecule has 0 atom stereocenters. The molecule has 0 amide bonds. The predicted octanol–water partition coefficient (Wildman–Crippen LogP) is 1.74. The van der Waals surface area contributed by atoms with Crippen LogP contribution in [0.2, 0.25) is 0 Å². The minimum Gasteiger partial charge on any atom is -0.497 e. The Kier molecular flexibility index (Phi) is 2.80. The Hall–Kier alpha value is -1.81. The van der Waals surface area contributed by atoms with Crippen LogP contribution in [0.3, 0.4) is 0 Å². The number of hydrogen-bond donors (Lipinski definition) is 1. The second kappa shape index (κ2) is 4.46. The van der Waals surface area contributed by atoms with Gasteiger partial charge < -0.3 is 10.1 Å². The summed E-state index contributed by atoms with van der Waals surface area (Å²) in [7, 11) is 3.71. The van der Waals surface area contributed by atoms with Gasteiger partial charge in [-0.2, -0.15) is 5.10 Å². The Labute approximate surface area is 107 Å². The average molecular weight is 243 g/mol. The van der Waals surface area contributed by atoms with E-state index >= 15 is 0 Å². The number of nitrogens with one attached hydrogen (secondary N) is 1. The third-order valence-electron chi connectivity index (χ3n) is 3.46. The van der Waals surface area contributed by atoms with E-state index in [1.807, 2.05) is 29.9 Å². The number of aryl methyl sites for hydroxylation is 1. The molecule has 0 fully saturated rings. The number of nitrogens with zero attached hydrogens (tertiary/aromatic N) is 2. The Morgan fingerprint density at radius 1 is 1.39 bits per heavy atom. The van der Waals surface area contributed by atoms with Crippen LogP contribution in [0.1, 0.15) is 11.3 Å². The molecule has 0 unspecified atom stereocenters. The second-order valence-electron chi connectivity index (χ2n) is 4.56. The Morgan fingerprint density at radius 2 is 2.28 bits per heavy atom. The van der Waals surface area contributed by atoms with E-state index in [1.54, 1.807) is 7.11 Å². The number of fused-ring (bicyclic) bond motifs is 1. The number of hydrogen-bond acceptors (Lipinski definition) is 3. The molecule has 0 saturated carbocycles. The molecule has 0 aliphatic carbocycles. The molecule has 3 rings (SSSR count). The van der Waals surface area contributed by atoms with Crippen molar-refractivity contribution in [2.24, 2.45) is 7.05 Å². The van der Waals surface area contributed by atoms with Gasteiger partial charge in [0.2, 0.25) is 0 Å². The van der Waals surface area contributed by atoms with Crippen LogP contribution in [-0.2, 0) is 20.0 Å². The first kappa shape index (κ1) is 11.3. The molecule has 0 radical (unpaired) electrons. The highest BCUT2D eigenvalue weighted by atomic mass is 16.5. The Balaban J connectivity index is 2.11.